The van der Waals surface area contributed by atoms with E-state index in [9.17, 15) is 14.9 Å². The normalized spacial score (nSPS) is 10.9. The molecule has 0 saturated heterocycles. The lowest BCUT2D eigenvalue weighted by Gasteiger charge is -2.20. The second-order valence-corrected chi connectivity index (χ2v) is 4.12. The van der Waals surface area contributed by atoms with Crippen LogP contribution in [0.2, 0.25) is 0 Å². The van der Waals surface area contributed by atoms with Gasteiger partial charge in [-0.3, -0.25) is 14.9 Å². The van der Waals surface area contributed by atoms with Gasteiger partial charge >= 0.3 is 5.69 Å². The van der Waals surface area contributed by atoms with Crippen LogP contribution in [0.15, 0.2) is 12.4 Å². The number of nitro groups is 1. The molecule has 0 spiro atoms. The molecule has 0 bridgehead atoms. The molecule has 1 heterocycles. The molecular formula is C9H13N5O3. The summed E-state index contributed by atoms with van der Waals surface area (Å²) in [6.07, 6.45) is 2.18. The topological polar surface area (TPSA) is 124 Å². The Morgan fingerprint density at radius 1 is 1.53 bits per heavy atom. The van der Waals surface area contributed by atoms with Crippen LogP contribution in [-0.2, 0) is 4.79 Å². The van der Waals surface area contributed by atoms with Crippen LogP contribution in [-0.4, -0.2) is 27.3 Å². The molecule has 0 fully saturated rings. The standard InChI is InChI=1S/C9H13N5O3/c1-9(2,7(10)15)5-13-8-11-3-6(4-12-8)14(16)17/h3-4H,5H2,1-2H3,(H2,10,15)(H,11,12,13). The molecule has 1 aromatic rings. The largest absolute Gasteiger partial charge is 0.369 e. The Bertz CT molecular complexity index is 429. The quantitative estimate of drug-likeness (QED) is 0.562. The SMILES string of the molecule is CC(C)(CNc1ncc([N+](=O)[O-])cn1)C(N)=O. The number of aromatic nitrogens is 2. The number of carbonyl (C=O) groups excluding carboxylic acids is 1. The Hall–Kier alpha value is -2.25. The first kappa shape index (κ1) is 12.8. The first-order valence-electron chi connectivity index (χ1n) is 4.83. The van der Waals surface area contributed by atoms with E-state index in [1.54, 1.807) is 13.8 Å². The third-order valence-electron chi connectivity index (χ3n) is 2.20. The first-order valence-corrected chi connectivity index (χ1v) is 4.83. The van der Waals surface area contributed by atoms with Crippen LogP contribution in [0, 0.1) is 15.5 Å². The van der Waals surface area contributed by atoms with E-state index in [2.05, 4.69) is 15.3 Å². The predicted octanol–water partition coefficient (Wildman–Crippen LogP) is 0.308. The number of hydrogen-bond donors (Lipinski definition) is 2. The van der Waals surface area contributed by atoms with Gasteiger partial charge in [0.05, 0.1) is 10.3 Å². The summed E-state index contributed by atoms with van der Waals surface area (Å²) < 4.78 is 0. The van der Waals surface area contributed by atoms with Crippen molar-refractivity contribution in [3.05, 3.63) is 22.5 Å². The van der Waals surface area contributed by atoms with Gasteiger partial charge < -0.3 is 11.1 Å². The highest BCUT2D eigenvalue weighted by Gasteiger charge is 2.24. The molecular weight excluding hydrogens is 226 g/mol. The van der Waals surface area contributed by atoms with Crippen LogP contribution in [0.5, 0.6) is 0 Å². The van der Waals surface area contributed by atoms with Gasteiger partial charge in [-0.1, -0.05) is 0 Å². The number of nitrogens with one attached hydrogen (secondary N) is 1. The molecule has 0 atom stereocenters. The molecule has 0 aliphatic heterocycles. The maximum atomic E-state index is 11.0. The van der Waals surface area contributed by atoms with Crippen molar-refractivity contribution < 1.29 is 9.72 Å². The van der Waals surface area contributed by atoms with E-state index in [-0.39, 0.29) is 18.2 Å². The van der Waals surface area contributed by atoms with Crippen molar-refractivity contribution in [1.29, 1.82) is 0 Å². The highest BCUT2D eigenvalue weighted by molar-refractivity contribution is 5.80. The van der Waals surface area contributed by atoms with Gasteiger partial charge in [0.1, 0.15) is 12.4 Å². The minimum absolute atomic E-state index is 0.190. The number of anilines is 1. The summed E-state index contributed by atoms with van der Waals surface area (Å²) in [5.74, 6) is -0.239. The number of hydrogen-bond acceptors (Lipinski definition) is 6. The van der Waals surface area contributed by atoms with Crippen molar-refractivity contribution >= 4 is 17.5 Å². The van der Waals surface area contributed by atoms with E-state index in [0.29, 0.717) is 0 Å². The number of nitrogens with two attached hydrogens (primary N) is 1. The fraction of sp³-hybridized carbons (Fsp3) is 0.444. The Kier molecular flexibility index (Phi) is 3.56. The van der Waals surface area contributed by atoms with Gasteiger partial charge in [0.25, 0.3) is 0 Å². The van der Waals surface area contributed by atoms with Gasteiger partial charge in [-0.05, 0) is 13.8 Å². The Morgan fingerprint density at radius 3 is 2.47 bits per heavy atom. The van der Waals surface area contributed by atoms with Crippen LogP contribution in [0.3, 0.4) is 0 Å². The van der Waals surface area contributed by atoms with E-state index in [4.69, 9.17) is 5.73 Å². The van der Waals surface area contributed by atoms with Gasteiger partial charge in [-0.15, -0.1) is 0 Å². The molecule has 92 valence electrons. The average molecular weight is 239 g/mol. The number of amides is 1. The summed E-state index contributed by atoms with van der Waals surface area (Å²) in [4.78, 5) is 28.3. The van der Waals surface area contributed by atoms with Crippen molar-refractivity contribution in [1.82, 2.24) is 9.97 Å². The predicted molar refractivity (Wildman–Crippen MR) is 60.2 cm³/mol. The fourth-order valence-electron chi connectivity index (χ4n) is 0.894. The number of rotatable bonds is 5. The molecule has 3 N–H and O–H groups in total. The summed E-state index contributed by atoms with van der Waals surface area (Å²) >= 11 is 0. The monoisotopic (exact) mass is 239 g/mol. The molecule has 8 heteroatoms. The van der Waals surface area contributed by atoms with E-state index in [0.717, 1.165) is 12.4 Å². The molecule has 17 heavy (non-hydrogen) atoms. The summed E-state index contributed by atoms with van der Waals surface area (Å²) in [5.41, 5.74) is 4.25. The number of nitrogens with zero attached hydrogens (tertiary/aromatic N) is 3. The van der Waals surface area contributed by atoms with Crippen LogP contribution >= 0.6 is 0 Å². The van der Waals surface area contributed by atoms with E-state index in [1.165, 1.54) is 0 Å². The maximum Gasteiger partial charge on any atom is 0.305 e. The maximum absolute atomic E-state index is 11.0. The van der Waals surface area contributed by atoms with Gasteiger partial charge in [-0.25, -0.2) is 9.97 Å². The average Bonchev–Trinajstić information content (AvgIpc) is 2.27. The molecule has 0 radical (unpaired) electrons. The van der Waals surface area contributed by atoms with Gasteiger partial charge in [0, 0.05) is 6.54 Å². The summed E-state index contributed by atoms with van der Waals surface area (Å²) in [6.45, 7) is 3.60. The molecule has 0 saturated carbocycles. The van der Waals surface area contributed by atoms with Crippen molar-refractivity contribution in [2.45, 2.75) is 13.8 Å². The van der Waals surface area contributed by atoms with Crippen LogP contribution in [0.1, 0.15) is 13.8 Å². The zero-order chi connectivity index (χ0) is 13.1. The number of primary amides is 1. The second kappa shape index (κ2) is 4.73. The van der Waals surface area contributed by atoms with Crippen LogP contribution in [0.25, 0.3) is 0 Å². The molecule has 1 amide bonds. The van der Waals surface area contributed by atoms with Gasteiger partial charge in [-0.2, -0.15) is 0 Å². The molecule has 8 nitrogen and oxygen atoms in total. The van der Waals surface area contributed by atoms with Crippen molar-refractivity contribution in [2.75, 3.05) is 11.9 Å². The lowest BCUT2D eigenvalue weighted by Crippen LogP contribution is -2.37. The third kappa shape index (κ3) is 3.37. The number of carbonyl (C=O) groups is 1. The Labute approximate surface area is 97.4 Å². The lowest BCUT2D eigenvalue weighted by molar-refractivity contribution is -0.385. The minimum atomic E-state index is -0.745. The highest BCUT2D eigenvalue weighted by atomic mass is 16.6. The van der Waals surface area contributed by atoms with E-state index in [1.807, 2.05) is 0 Å². The molecule has 0 aliphatic carbocycles. The molecule has 0 aliphatic rings. The van der Waals surface area contributed by atoms with Gasteiger partial charge in [0.2, 0.25) is 11.9 Å². The fourth-order valence-corrected chi connectivity index (χ4v) is 0.894. The first-order chi connectivity index (χ1) is 7.83. The Balaban J connectivity index is 2.65. The van der Waals surface area contributed by atoms with Crippen LogP contribution < -0.4 is 11.1 Å². The Morgan fingerprint density at radius 2 is 2.06 bits per heavy atom. The third-order valence-corrected chi connectivity index (χ3v) is 2.20. The minimum Gasteiger partial charge on any atom is -0.369 e. The zero-order valence-corrected chi connectivity index (χ0v) is 9.51. The second-order valence-electron chi connectivity index (χ2n) is 4.12. The van der Waals surface area contributed by atoms with E-state index >= 15 is 0 Å². The summed E-state index contributed by atoms with van der Waals surface area (Å²) in [5, 5.41) is 13.1. The molecule has 0 unspecified atom stereocenters. The van der Waals surface area contributed by atoms with Gasteiger partial charge in [0.15, 0.2) is 0 Å². The van der Waals surface area contributed by atoms with Crippen molar-refractivity contribution in [3.63, 3.8) is 0 Å². The van der Waals surface area contributed by atoms with Crippen molar-refractivity contribution in [2.24, 2.45) is 11.1 Å². The highest BCUT2D eigenvalue weighted by Crippen LogP contribution is 2.15. The zero-order valence-electron chi connectivity index (χ0n) is 9.51. The molecule has 1 rings (SSSR count). The van der Waals surface area contributed by atoms with Crippen LogP contribution in [0.4, 0.5) is 11.6 Å². The summed E-state index contributed by atoms with van der Waals surface area (Å²) in [7, 11) is 0. The smallest absolute Gasteiger partial charge is 0.305 e. The molecule has 1 aromatic heterocycles. The molecule has 0 aromatic carbocycles. The van der Waals surface area contributed by atoms with E-state index < -0.39 is 16.2 Å². The van der Waals surface area contributed by atoms with Crippen molar-refractivity contribution in [3.8, 4) is 0 Å². The lowest BCUT2D eigenvalue weighted by atomic mass is 9.93. The summed E-state index contributed by atoms with van der Waals surface area (Å²) in [6, 6.07) is 0.